The van der Waals surface area contributed by atoms with Crippen LogP contribution in [-0.4, -0.2) is 32.1 Å². The Balaban J connectivity index is 1.63. The SMILES string of the molecule is C[NH+]1CCC(NC(=O)c2cccc(Oc3ccccc3)c2)CC1. The second-order valence-corrected chi connectivity index (χ2v) is 6.15. The van der Waals surface area contributed by atoms with Crippen molar-refractivity contribution in [1.82, 2.24) is 5.32 Å². The van der Waals surface area contributed by atoms with Gasteiger partial charge in [-0.1, -0.05) is 24.3 Å². The van der Waals surface area contributed by atoms with Crippen molar-refractivity contribution >= 4 is 5.91 Å². The van der Waals surface area contributed by atoms with E-state index in [-0.39, 0.29) is 11.9 Å². The van der Waals surface area contributed by atoms with Crippen LogP contribution in [0.4, 0.5) is 0 Å². The van der Waals surface area contributed by atoms with Gasteiger partial charge in [0.15, 0.2) is 0 Å². The summed E-state index contributed by atoms with van der Waals surface area (Å²) in [6, 6.07) is 17.2. The van der Waals surface area contributed by atoms with Gasteiger partial charge < -0.3 is 15.0 Å². The molecule has 4 nitrogen and oxygen atoms in total. The predicted octanol–water partition coefficient (Wildman–Crippen LogP) is 1.89. The van der Waals surface area contributed by atoms with Crippen LogP contribution in [0.3, 0.4) is 0 Å². The lowest BCUT2D eigenvalue weighted by atomic mass is 10.0. The Labute approximate surface area is 137 Å². The number of hydrogen-bond donors (Lipinski definition) is 2. The van der Waals surface area contributed by atoms with E-state index in [4.69, 9.17) is 4.74 Å². The molecule has 0 bridgehead atoms. The molecule has 23 heavy (non-hydrogen) atoms. The second kappa shape index (κ2) is 7.29. The third-order valence-electron chi connectivity index (χ3n) is 4.25. The number of likely N-dealkylation sites (tertiary alicyclic amines) is 1. The Bertz CT molecular complexity index is 649. The molecule has 1 fully saturated rings. The van der Waals surface area contributed by atoms with Crippen LogP contribution >= 0.6 is 0 Å². The summed E-state index contributed by atoms with van der Waals surface area (Å²) in [5.74, 6) is 1.42. The normalized spacial score (nSPS) is 20.7. The van der Waals surface area contributed by atoms with E-state index in [9.17, 15) is 4.79 Å². The molecule has 1 heterocycles. The minimum Gasteiger partial charge on any atom is -0.457 e. The number of amides is 1. The van der Waals surface area contributed by atoms with E-state index >= 15 is 0 Å². The number of rotatable bonds is 4. The van der Waals surface area contributed by atoms with Crippen molar-refractivity contribution in [3.05, 3.63) is 60.2 Å². The van der Waals surface area contributed by atoms with Crippen molar-refractivity contribution < 1.29 is 14.4 Å². The highest BCUT2D eigenvalue weighted by Crippen LogP contribution is 2.21. The summed E-state index contributed by atoms with van der Waals surface area (Å²) in [4.78, 5) is 14.0. The number of nitrogens with one attached hydrogen (secondary N) is 2. The first kappa shape index (κ1) is 15.6. The summed E-state index contributed by atoms with van der Waals surface area (Å²) in [5, 5.41) is 3.14. The van der Waals surface area contributed by atoms with Gasteiger partial charge in [0.05, 0.1) is 20.1 Å². The van der Waals surface area contributed by atoms with Gasteiger partial charge in [-0.05, 0) is 30.3 Å². The van der Waals surface area contributed by atoms with Gasteiger partial charge in [-0.25, -0.2) is 0 Å². The summed E-state index contributed by atoms with van der Waals surface area (Å²) in [6.07, 6.45) is 2.08. The minimum atomic E-state index is -0.0203. The van der Waals surface area contributed by atoms with Gasteiger partial charge in [-0.3, -0.25) is 4.79 Å². The highest BCUT2D eigenvalue weighted by molar-refractivity contribution is 5.94. The molecule has 4 heteroatoms. The lowest BCUT2D eigenvalue weighted by Gasteiger charge is -2.27. The molecule has 3 rings (SSSR count). The summed E-state index contributed by atoms with van der Waals surface area (Å²) >= 11 is 0. The first-order valence-electron chi connectivity index (χ1n) is 8.16. The fourth-order valence-corrected chi connectivity index (χ4v) is 2.85. The summed E-state index contributed by atoms with van der Waals surface area (Å²) in [6.45, 7) is 2.23. The van der Waals surface area contributed by atoms with Crippen LogP contribution < -0.4 is 15.0 Å². The van der Waals surface area contributed by atoms with Crippen LogP contribution in [-0.2, 0) is 0 Å². The second-order valence-electron chi connectivity index (χ2n) is 6.15. The van der Waals surface area contributed by atoms with Gasteiger partial charge in [-0.2, -0.15) is 0 Å². The monoisotopic (exact) mass is 311 g/mol. The number of carbonyl (C=O) groups excluding carboxylic acids is 1. The number of piperidine rings is 1. The van der Waals surface area contributed by atoms with Crippen molar-refractivity contribution in [3.8, 4) is 11.5 Å². The van der Waals surface area contributed by atoms with E-state index in [0.717, 1.165) is 31.7 Å². The summed E-state index contributed by atoms with van der Waals surface area (Å²) in [5.41, 5.74) is 0.643. The summed E-state index contributed by atoms with van der Waals surface area (Å²) < 4.78 is 5.79. The molecule has 1 amide bonds. The fraction of sp³-hybridized carbons (Fsp3) is 0.316. The van der Waals surface area contributed by atoms with E-state index in [1.54, 1.807) is 6.07 Å². The molecule has 2 aromatic rings. The number of benzene rings is 2. The molecular weight excluding hydrogens is 288 g/mol. The molecule has 0 aromatic heterocycles. The maximum atomic E-state index is 12.4. The molecule has 2 aromatic carbocycles. The van der Waals surface area contributed by atoms with Gasteiger partial charge in [-0.15, -0.1) is 0 Å². The third kappa shape index (κ3) is 4.33. The van der Waals surface area contributed by atoms with E-state index < -0.39 is 0 Å². The number of carbonyl (C=O) groups is 1. The third-order valence-corrected chi connectivity index (χ3v) is 4.25. The van der Waals surface area contributed by atoms with Gasteiger partial charge in [0.1, 0.15) is 11.5 Å². The van der Waals surface area contributed by atoms with Crippen LogP contribution in [0.5, 0.6) is 11.5 Å². The Kier molecular flexibility index (Phi) is 4.93. The smallest absolute Gasteiger partial charge is 0.251 e. The predicted molar refractivity (Wildman–Crippen MR) is 90.1 cm³/mol. The van der Waals surface area contributed by atoms with Crippen LogP contribution in [0, 0.1) is 0 Å². The zero-order chi connectivity index (χ0) is 16.1. The molecule has 0 radical (unpaired) electrons. The molecular formula is C19H23N2O2+. The van der Waals surface area contributed by atoms with Crippen molar-refractivity contribution in [1.29, 1.82) is 0 Å². The molecule has 1 aliphatic rings. The standard InChI is InChI=1S/C19H22N2O2/c1-21-12-10-16(11-13-21)20-19(22)15-6-5-9-18(14-15)23-17-7-3-2-4-8-17/h2-9,14,16H,10-13H2,1H3,(H,20,22)/p+1. The van der Waals surface area contributed by atoms with E-state index in [1.165, 1.54) is 4.90 Å². The highest BCUT2D eigenvalue weighted by atomic mass is 16.5. The Hall–Kier alpha value is -2.33. The van der Waals surface area contributed by atoms with Crippen molar-refractivity contribution in [2.45, 2.75) is 18.9 Å². The molecule has 0 saturated carbocycles. The number of para-hydroxylation sites is 1. The molecule has 2 N–H and O–H groups in total. The molecule has 0 aliphatic carbocycles. The van der Waals surface area contributed by atoms with Crippen molar-refractivity contribution in [2.75, 3.05) is 20.1 Å². The minimum absolute atomic E-state index is 0.0203. The van der Waals surface area contributed by atoms with Crippen LogP contribution in [0.2, 0.25) is 0 Å². The maximum absolute atomic E-state index is 12.4. The molecule has 0 unspecified atom stereocenters. The number of ether oxygens (including phenoxy) is 1. The van der Waals surface area contributed by atoms with E-state index in [2.05, 4.69) is 12.4 Å². The molecule has 0 spiro atoms. The molecule has 1 aliphatic heterocycles. The van der Waals surface area contributed by atoms with Crippen LogP contribution in [0.25, 0.3) is 0 Å². The van der Waals surface area contributed by atoms with Crippen LogP contribution in [0.1, 0.15) is 23.2 Å². The van der Waals surface area contributed by atoms with Crippen molar-refractivity contribution in [2.24, 2.45) is 0 Å². The average molecular weight is 311 g/mol. The Morgan fingerprint density at radius 3 is 2.48 bits per heavy atom. The van der Waals surface area contributed by atoms with Crippen molar-refractivity contribution in [3.63, 3.8) is 0 Å². The quantitative estimate of drug-likeness (QED) is 0.905. The summed E-state index contributed by atoms with van der Waals surface area (Å²) in [7, 11) is 2.20. The number of quaternary nitrogens is 1. The topological polar surface area (TPSA) is 42.8 Å². The Morgan fingerprint density at radius 1 is 1.04 bits per heavy atom. The first-order chi connectivity index (χ1) is 11.2. The zero-order valence-corrected chi connectivity index (χ0v) is 13.4. The zero-order valence-electron chi connectivity index (χ0n) is 13.4. The van der Waals surface area contributed by atoms with Gasteiger partial charge in [0, 0.05) is 24.4 Å². The lowest BCUT2D eigenvalue weighted by Crippen LogP contribution is -3.10. The molecule has 120 valence electrons. The van der Waals surface area contributed by atoms with Gasteiger partial charge in [0.2, 0.25) is 0 Å². The van der Waals surface area contributed by atoms with E-state index in [1.807, 2.05) is 48.5 Å². The number of hydrogen-bond acceptors (Lipinski definition) is 2. The highest BCUT2D eigenvalue weighted by Gasteiger charge is 2.21. The first-order valence-corrected chi connectivity index (χ1v) is 8.16. The molecule has 0 atom stereocenters. The van der Waals surface area contributed by atoms with E-state index in [0.29, 0.717) is 11.3 Å². The van der Waals surface area contributed by atoms with Gasteiger partial charge in [0.25, 0.3) is 5.91 Å². The lowest BCUT2D eigenvalue weighted by molar-refractivity contribution is -0.884. The van der Waals surface area contributed by atoms with Gasteiger partial charge >= 0.3 is 0 Å². The fourth-order valence-electron chi connectivity index (χ4n) is 2.85. The average Bonchev–Trinajstić information content (AvgIpc) is 2.58. The molecule has 1 saturated heterocycles. The van der Waals surface area contributed by atoms with Crippen LogP contribution in [0.15, 0.2) is 54.6 Å². The maximum Gasteiger partial charge on any atom is 0.251 e. The Morgan fingerprint density at radius 2 is 1.74 bits per heavy atom. The largest absolute Gasteiger partial charge is 0.457 e.